The summed E-state index contributed by atoms with van der Waals surface area (Å²) in [6.45, 7) is 0. The molecule has 0 aliphatic heterocycles. The van der Waals surface area contributed by atoms with Gasteiger partial charge in [0.25, 0.3) is 0 Å². The molecule has 0 saturated carbocycles. The lowest BCUT2D eigenvalue weighted by atomic mass is 9.99. The van der Waals surface area contributed by atoms with E-state index in [9.17, 15) is 0 Å². The van der Waals surface area contributed by atoms with E-state index in [0.29, 0.717) is 52.8 Å². The van der Waals surface area contributed by atoms with Crippen LogP contribution in [0.15, 0.2) is 528 Å². The van der Waals surface area contributed by atoms with Crippen molar-refractivity contribution in [1.29, 1.82) is 0 Å². The van der Waals surface area contributed by atoms with Crippen LogP contribution in [0.4, 0.5) is 0 Å². The third-order valence-corrected chi connectivity index (χ3v) is 28.7. The summed E-state index contributed by atoms with van der Waals surface area (Å²) in [5.74, 6) is 5.44. The van der Waals surface area contributed by atoms with E-state index in [4.69, 9.17) is 44.9 Å². The molecule has 0 fully saturated rings. The summed E-state index contributed by atoms with van der Waals surface area (Å²) in [7, 11) is 0. The molecule has 9 aromatic heterocycles. The minimum absolute atomic E-state index is 0.575. The van der Waals surface area contributed by atoms with E-state index in [2.05, 4.69) is 501 Å². The van der Waals surface area contributed by atoms with Gasteiger partial charge in [-0.15, -0.1) is 0 Å². The van der Waals surface area contributed by atoms with Crippen LogP contribution in [0.1, 0.15) is 0 Å². The number of hydrogen-bond donors (Lipinski definition) is 0. The van der Waals surface area contributed by atoms with Crippen LogP contribution in [0, 0.1) is 0 Å². The Balaban J connectivity index is 0.000000108. The molecule has 702 valence electrons. The Hall–Kier alpha value is -20.6. The van der Waals surface area contributed by atoms with Crippen molar-refractivity contribution >= 4 is 131 Å². The maximum absolute atomic E-state index is 5.29. The second-order valence-corrected chi connectivity index (χ2v) is 37.5. The molecule has 0 unspecified atom stereocenters. The van der Waals surface area contributed by atoms with E-state index in [1.807, 2.05) is 54.6 Å². The van der Waals surface area contributed by atoms with Gasteiger partial charge in [-0.3, -0.25) is 13.7 Å². The van der Waals surface area contributed by atoms with Gasteiger partial charge < -0.3 is 13.7 Å². The van der Waals surface area contributed by atoms with Crippen LogP contribution in [0.25, 0.3) is 267 Å². The standard InChI is InChI=1S/3C45H29N5/c1-3-15-30(16-4-1)34-24-14-25-38-37-23-9-12-28-41(37)50(42(34)38)45-47-43(31-17-5-2-6-18-31)46-44(48-45)32-19-13-20-33(29-32)49-39-26-10-7-21-35(39)36-22-8-11-27-40(36)49;1-3-15-30(16-4-1)34-24-14-28-41-42(34)37-23-9-12-27-40(37)50(41)45-47-43(31-17-5-2-6-18-31)46-44(48-45)32-19-13-20-33(29-32)49-38-25-10-7-21-35(38)36-22-8-11-26-39(36)49;1-3-14-30(15-4-1)32-26-27-42-38(29-32)37-22-9-12-25-41(37)50(42)45-47-43(31-16-5-2-6-17-31)46-44(48-45)33-18-13-19-34(28-33)49-39-23-10-7-20-35(39)36-21-8-11-24-40(36)49/h3*1-29H. The molecule has 0 atom stereocenters. The molecule has 0 amide bonds. The van der Waals surface area contributed by atoms with Crippen LogP contribution in [-0.2, 0) is 0 Å². The highest BCUT2D eigenvalue weighted by Gasteiger charge is 2.27. The largest absolute Gasteiger partial charge is 0.309 e. The van der Waals surface area contributed by atoms with Crippen LogP contribution in [0.2, 0.25) is 0 Å². The van der Waals surface area contributed by atoms with Gasteiger partial charge in [-0.1, -0.05) is 419 Å². The summed E-state index contributed by atoms with van der Waals surface area (Å²) in [5.41, 5.74) is 28.9. The number of fused-ring (bicyclic) bond motifs is 18. The van der Waals surface area contributed by atoms with Gasteiger partial charge in [0.15, 0.2) is 34.9 Å². The third kappa shape index (κ3) is 15.3. The summed E-state index contributed by atoms with van der Waals surface area (Å²) in [5, 5.41) is 14.3. The molecule has 9 heterocycles. The Bertz CT molecular complexity index is 10300. The Labute approximate surface area is 861 Å². The first-order chi connectivity index (χ1) is 74.4. The predicted molar refractivity (Wildman–Crippen MR) is 614 cm³/mol. The van der Waals surface area contributed by atoms with Crippen molar-refractivity contribution in [2.45, 2.75) is 0 Å². The molecule has 0 radical (unpaired) electrons. The van der Waals surface area contributed by atoms with Gasteiger partial charge >= 0.3 is 0 Å². The fourth-order valence-corrected chi connectivity index (χ4v) is 22.1. The molecule has 150 heavy (non-hydrogen) atoms. The van der Waals surface area contributed by atoms with Crippen molar-refractivity contribution < 1.29 is 0 Å². The Morgan fingerprint density at radius 3 is 0.727 bits per heavy atom. The van der Waals surface area contributed by atoms with Crippen molar-refractivity contribution in [2.75, 3.05) is 0 Å². The smallest absolute Gasteiger partial charge is 0.238 e. The molecule has 0 aliphatic carbocycles. The quantitative estimate of drug-likeness (QED) is 0.0979. The highest BCUT2D eigenvalue weighted by atomic mass is 15.2. The summed E-state index contributed by atoms with van der Waals surface area (Å²) in [6.07, 6.45) is 0. The molecule has 0 aliphatic rings. The number of aromatic nitrogens is 15. The number of para-hydroxylation sites is 10. The number of benzene rings is 21. The van der Waals surface area contributed by atoms with E-state index in [0.717, 1.165) is 155 Å². The lowest BCUT2D eigenvalue weighted by Gasteiger charge is -2.14. The first-order valence-electron chi connectivity index (χ1n) is 50.4. The Kier molecular flexibility index (Phi) is 21.5. The van der Waals surface area contributed by atoms with Crippen molar-refractivity contribution in [2.24, 2.45) is 0 Å². The summed E-state index contributed by atoms with van der Waals surface area (Å²) < 4.78 is 13.5. The molecule has 0 spiro atoms. The van der Waals surface area contributed by atoms with Crippen LogP contribution in [0.3, 0.4) is 0 Å². The highest BCUT2D eigenvalue weighted by molar-refractivity contribution is 6.18. The van der Waals surface area contributed by atoms with Crippen molar-refractivity contribution in [1.82, 2.24) is 72.3 Å². The molecule has 30 aromatic rings. The van der Waals surface area contributed by atoms with Crippen molar-refractivity contribution in [3.05, 3.63) is 528 Å². The lowest BCUT2D eigenvalue weighted by Crippen LogP contribution is -2.07. The van der Waals surface area contributed by atoms with Crippen LogP contribution in [0.5, 0.6) is 0 Å². The zero-order chi connectivity index (χ0) is 99.1. The molecule has 30 rings (SSSR count). The van der Waals surface area contributed by atoms with E-state index < -0.39 is 0 Å². The zero-order valence-corrected chi connectivity index (χ0v) is 80.9. The maximum atomic E-state index is 5.29. The normalized spacial score (nSPS) is 11.6. The van der Waals surface area contributed by atoms with Crippen molar-refractivity contribution in [3.8, 4) is 137 Å². The fraction of sp³-hybridized carbons (Fsp3) is 0. The second-order valence-electron chi connectivity index (χ2n) is 37.5. The first-order valence-corrected chi connectivity index (χ1v) is 50.4. The summed E-state index contributed by atoms with van der Waals surface area (Å²) >= 11 is 0. The van der Waals surface area contributed by atoms with Gasteiger partial charge in [0.2, 0.25) is 17.8 Å². The predicted octanol–water partition coefficient (Wildman–Crippen LogP) is 33.2. The molecule has 21 aromatic carbocycles. The van der Waals surface area contributed by atoms with Crippen LogP contribution >= 0.6 is 0 Å². The Morgan fingerprint density at radius 2 is 0.353 bits per heavy atom. The van der Waals surface area contributed by atoms with Gasteiger partial charge in [0.05, 0.1) is 66.2 Å². The van der Waals surface area contributed by atoms with Gasteiger partial charge in [-0.05, 0) is 137 Å². The summed E-state index contributed by atoms with van der Waals surface area (Å²) in [4.78, 5) is 46.6. The number of hydrogen-bond acceptors (Lipinski definition) is 9. The highest BCUT2D eigenvalue weighted by Crippen LogP contribution is 2.45. The average molecular weight is 1920 g/mol. The molecule has 15 heteroatoms. The minimum atomic E-state index is 0.575. The number of rotatable bonds is 15. The van der Waals surface area contributed by atoms with Gasteiger partial charge in [0, 0.05) is 121 Å². The molecular formula is C135H87N15. The lowest BCUT2D eigenvalue weighted by molar-refractivity contribution is 0.952. The molecule has 0 N–H and O–H groups in total. The van der Waals surface area contributed by atoms with Crippen LogP contribution < -0.4 is 0 Å². The molecule has 0 bridgehead atoms. The van der Waals surface area contributed by atoms with E-state index in [1.165, 1.54) is 60.0 Å². The average Bonchev–Trinajstić information content (AvgIpc) is 1.58. The summed E-state index contributed by atoms with van der Waals surface area (Å²) in [6, 6.07) is 184. The third-order valence-electron chi connectivity index (χ3n) is 28.7. The molecule has 15 nitrogen and oxygen atoms in total. The topological polar surface area (TPSA) is 146 Å². The van der Waals surface area contributed by atoms with Crippen molar-refractivity contribution in [3.63, 3.8) is 0 Å². The molecule has 0 saturated heterocycles. The first kappa shape index (κ1) is 87.3. The number of nitrogens with zero attached hydrogens (tertiary/aromatic N) is 15. The van der Waals surface area contributed by atoms with E-state index in [1.54, 1.807) is 0 Å². The SMILES string of the molecule is c1ccc(-c2ccc3c(c2)c2ccccc2n3-c2nc(-c3ccccc3)nc(-c3cccc(-n4c5ccccc5c5ccccc54)c3)n2)cc1.c1ccc(-c2nc(-c3cccc(-n4c5ccccc5c5ccccc54)c3)nc(-n3c4ccccc4c4c(-c5ccccc5)cccc43)n2)cc1.c1ccc(-c2nc(-c3cccc(-n4c5ccccc5c5ccccc54)c3)nc(-n3c4ccccc4c4cccc(-c5ccccc5)c43)n2)cc1. The zero-order valence-electron chi connectivity index (χ0n) is 80.9. The van der Waals surface area contributed by atoms with E-state index >= 15 is 0 Å². The van der Waals surface area contributed by atoms with E-state index in [-0.39, 0.29) is 0 Å². The minimum Gasteiger partial charge on any atom is -0.309 e. The Morgan fingerprint density at radius 1 is 0.120 bits per heavy atom. The van der Waals surface area contributed by atoms with Gasteiger partial charge in [-0.25, -0.2) is 15.0 Å². The second kappa shape index (κ2) is 37.0. The monoisotopic (exact) mass is 1920 g/mol. The fourth-order valence-electron chi connectivity index (χ4n) is 22.1. The van der Waals surface area contributed by atoms with Crippen LogP contribution in [-0.4, -0.2) is 72.3 Å². The maximum Gasteiger partial charge on any atom is 0.238 e. The van der Waals surface area contributed by atoms with Gasteiger partial charge in [-0.2, -0.15) is 29.9 Å². The molecular weight excluding hydrogens is 1830 g/mol. The van der Waals surface area contributed by atoms with Gasteiger partial charge in [0.1, 0.15) is 0 Å².